The van der Waals surface area contributed by atoms with Gasteiger partial charge in [-0.2, -0.15) is 0 Å². The predicted molar refractivity (Wildman–Crippen MR) is 74.0 cm³/mol. The third kappa shape index (κ3) is 2.91. The lowest BCUT2D eigenvalue weighted by atomic mass is 9.94. The number of nitrogens with zero attached hydrogens (tertiary/aromatic N) is 1. The van der Waals surface area contributed by atoms with Gasteiger partial charge in [0.1, 0.15) is 6.04 Å². The molecule has 1 aliphatic rings. The lowest BCUT2D eigenvalue weighted by Gasteiger charge is -2.34. The maximum atomic E-state index is 12.1. The second-order valence-electron chi connectivity index (χ2n) is 4.64. The van der Waals surface area contributed by atoms with Crippen LogP contribution in [0.1, 0.15) is 17.5 Å². The number of urea groups is 1. The van der Waals surface area contributed by atoms with Crippen molar-refractivity contribution in [3.8, 4) is 12.3 Å². The zero-order chi connectivity index (χ0) is 14.5. The normalized spacial score (nSPS) is 16.9. The van der Waals surface area contributed by atoms with E-state index in [1.165, 1.54) is 4.90 Å². The number of rotatable bonds is 3. The minimum atomic E-state index is -0.994. The lowest BCUT2D eigenvalue weighted by molar-refractivity contribution is -0.142. The summed E-state index contributed by atoms with van der Waals surface area (Å²) in [6.45, 7) is 0.648. The molecule has 20 heavy (non-hydrogen) atoms. The Kier molecular flexibility index (Phi) is 4.26. The van der Waals surface area contributed by atoms with Gasteiger partial charge >= 0.3 is 12.0 Å². The first-order valence-electron chi connectivity index (χ1n) is 6.41. The Labute approximate surface area is 117 Å². The molecule has 5 nitrogen and oxygen atoms in total. The molecule has 104 valence electrons. The summed E-state index contributed by atoms with van der Waals surface area (Å²) in [6.07, 6.45) is 5.87. The van der Waals surface area contributed by atoms with Gasteiger partial charge in [-0.3, -0.25) is 0 Å². The highest BCUT2D eigenvalue weighted by molar-refractivity contribution is 5.83. The van der Waals surface area contributed by atoms with Crippen LogP contribution in [-0.4, -0.2) is 34.6 Å². The van der Waals surface area contributed by atoms with E-state index >= 15 is 0 Å². The number of hydrogen-bond acceptors (Lipinski definition) is 2. The molecule has 0 bridgehead atoms. The number of benzene rings is 1. The quantitative estimate of drug-likeness (QED) is 0.642. The van der Waals surface area contributed by atoms with E-state index < -0.39 is 12.0 Å². The maximum absolute atomic E-state index is 12.1. The number of hydrogen-bond donors (Lipinski definition) is 2. The molecule has 0 fully saturated rings. The van der Waals surface area contributed by atoms with E-state index in [1.54, 1.807) is 0 Å². The molecular formula is C15H16N2O3. The summed E-state index contributed by atoms with van der Waals surface area (Å²) in [5.41, 5.74) is 1.96. The van der Waals surface area contributed by atoms with Gasteiger partial charge in [-0.05, 0) is 11.1 Å². The molecule has 0 aromatic heterocycles. The van der Waals surface area contributed by atoms with E-state index in [0.717, 1.165) is 11.1 Å². The van der Waals surface area contributed by atoms with Gasteiger partial charge in [-0.15, -0.1) is 12.3 Å². The molecule has 1 aromatic rings. The number of terminal acetylenes is 1. The summed E-state index contributed by atoms with van der Waals surface area (Å²) in [5.74, 6) is 1.43. The van der Waals surface area contributed by atoms with Crippen LogP contribution in [0.5, 0.6) is 0 Å². The van der Waals surface area contributed by atoms with E-state index in [1.807, 2.05) is 24.3 Å². The highest BCUT2D eigenvalue weighted by atomic mass is 16.4. The molecule has 0 aliphatic carbocycles. The molecule has 0 saturated carbocycles. The number of nitrogens with one attached hydrogen (secondary N) is 1. The van der Waals surface area contributed by atoms with Crippen molar-refractivity contribution < 1.29 is 14.7 Å². The van der Waals surface area contributed by atoms with Gasteiger partial charge in [0, 0.05) is 25.9 Å². The van der Waals surface area contributed by atoms with Crippen LogP contribution >= 0.6 is 0 Å². The molecule has 2 amide bonds. The van der Waals surface area contributed by atoms with Crippen LogP contribution in [0.2, 0.25) is 0 Å². The molecule has 0 radical (unpaired) electrons. The average Bonchev–Trinajstić information content (AvgIpc) is 2.46. The molecular weight excluding hydrogens is 256 g/mol. The van der Waals surface area contributed by atoms with E-state index in [0.29, 0.717) is 25.9 Å². The predicted octanol–water partition coefficient (Wildman–Crippen LogP) is 1.23. The average molecular weight is 272 g/mol. The topological polar surface area (TPSA) is 69.6 Å². The van der Waals surface area contributed by atoms with Gasteiger partial charge in [0.2, 0.25) is 0 Å². The van der Waals surface area contributed by atoms with E-state index in [2.05, 4.69) is 11.2 Å². The molecule has 0 spiro atoms. The number of carbonyl (C=O) groups excluding carboxylic acids is 1. The number of fused-ring (bicyclic) bond motifs is 1. The fourth-order valence-corrected chi connectivity index (χ4v) is 2.30. The molecule has 1 atom stereocenters. The van der Waals surface area contributed by atoms with Crippen LogP contribution < -0.4 is 5.32 Å². The molecule has 0 unspecified atom stereocenters. The zero-order valence-corrected chi connectivity index (χ0v) is 11.0. The number of aliphatic carboxylic acids is 1. The van der Waals surface area contributed by atoms with Crippen molar-refractivity contribution in [3.63, 3.8) is 0 Å². The molecule has 1 aromatic carbocycles. The Bertz CT molecular complexity index is 562. The number of carboxylic acid groups (broad SMARTS) is 1. The standard InChI is InChI=1S/C15H16N2O3/c1-2-3-8-16-15(20)17-10-12-7-5-4-6-11(12)9-13(17)14(18)19/h1,4-7,13H,3,8-10H2,(H,16,20)(H,18,19)/t13-/m1/s1. The summed E-state index contributed by atoms with van der Waals surface area (Å²) < 4.78 is 0. The van der Waals surface area contributed by atoms with Crippen LogP contribution in [0, 0.1) is 12.3 Å². The van der Waals surface area contributed by atoms with Crippen molar-refractivity contribution in [1.82, 2.24) is 10.2 Å². The van der Waals surface area contributed by atoms with Crippen LogP contribution in [0.3, 0.4) is 0 Å². The summed E-state index contributed by atoms with van der Waals surface area (Å²) in [7, 11) is 0. The van der Waals surface area contributed by atoms with Gasteiger partial charge < -0.3 is 15.3 Å². The fourth-order valence-electron chi connectivity index (χ4n) is 2.30. The van der Waals surface area contributed by atoms with Crippen molar-refractivity contribution in [2.75, 3.05) is 6.54 Å². The van der Waals surface area contributed by atoms with E-state index in [4.69, 9.17) is 6.42 Å². The Hall–Kier alpha value is -2.48. The summed E-state index contributed by atoms with van der Waals surface area (Å²) >= 11 is 0. The Balaban J connectivity index is 2.16. The van der Waals surface area contributed by atoms with Gasteiger partial charge in [-0.25, -0.2) is 9.59 Å². The molecule has 1 aliphatic heterocycles. The zero-order valence-electron chi connectivity index (χ0n) is 11.0. The Morgan fingerprint density at radius 2 is 2.10 bits per heavy atom. The van der Waals surface area contributed by atoms with Crippen molar-refractivity contribution in [1.29, 1.82) is 0 Å². The Morgan fingerprint density at radius 3 is 2.75 bits per heavy atom. The second kappa shape index (κ2) is 6.11. The minimum absolute atomic E-state index is 0.301. The molecule has 1 heterocycles. The van der Waals surface area contributed by atoms with E-state index in [-0.39, 0.29) is 6.03 Å². The van der Waals surface area contributed by atoms with Crippen LogP contribution in [0.15, 0.2) is 24.3 Å². The molecule has 2 rings (SSSR count). The molecule has 5 heteroatoms. The third-order valence-electron chi connectivity index (χ3n) is 3.34. The van der Waals surface area contributed by atoms with Crippen molar-refractivity contribution in [2.45, 2.75) is 25.4 Å². The number of carboxylic acids is 1. The Morgan fingerprint density at radius 1 is 1.40 bits per heavy atom. The van der Waals surface area contributed by atoms with Gasteiger partial charge in [0.25, 0.3) is 0 Å². The first kappa shape index (κ1) is 13.9. The van der Waals surface area contributed by atoms with Crippen molar-refractivity contribution in [3.05, 3.63) is 35.4 Å². The SMILES string of the molecule is C#CCCNC(=O)N1Cc2ccccc2C[C@@H]1C(=O)O. The third-order valence-corrected chi connectivity index (χ3v) is 3.34. The van der Waals surface area contributed by atoms with E-state index in [9.17, 15) is 14.7 Å². The summed E-state index contributed by atoms with van der Waals surface area (Å²) in [5, 5.41) is 12.0. The first-order chi connectivity index (χ1) is 9.63. The van der Waals surface area contributed by atoms with Crippen molar-refractivity contribution in [2.24, 2.45) is 0 Å². The van der Waals surface area contributed by atoms with Gasteiger partial charge in [-0.1, -0.05) is 24.3 Å². The highest BCUT2D eigenvalue weighted by Crippen LogP contribution is 2.23. The summed E-state index contributed by atoms with van der Waals surface area (Å²) in [4.78, 5) is 24.8. The number of carbonyl (C=O) groups is 2. The smallest absolute Gasteiger partial charge is 0.326 e. The fraction of sp³-hybridized carbons (Fsp3) is 0.333. The minimum Gasteiger partial charge on any atom is -0.480 e. The van der Waals surface area contributed by atoms with Gasteiger partial charge in [0.15, 0.2) is 0 Å². The van der Waals surface area contributed by atoms with Crippen LogP contribution in [0.4, 0.5) is 4.79 Å². The molecule has 2 N–H and O–H groups in total. The monoisotopic (exact) mass is 272 g/mol. The maximum Gasteiger partial charge on any atom is 0.326 e. The van der Waals surface area contributed by atoms with Crippen LogP contribution in [0.25, 0.3) is 0 Å². The number of amides is 2. The lowest BCUT2D eigenvalue weighted by Crippen LogP contribution is -2.52. The first-order valence-corrected chi connectivity index (χ1v) is 6.41. The molecule has 0 saturated heterocycles. The second-order valence-corrected chi connectivity index (χ2v) is 4.64. The van der Waals surface area contributed by atoms with Gasteiger partial charge in [0.05, 0.1) is 0 Å². The summed E-state index contributed by atoms with van der Waals surface area (Å²) in [6, 6.07) is 6.35. The van der Waals surface area contributed by atoms with Crippen LogP contribution in [-0.2, 0) is 17.8 Å². The largest absolute Gasteiger partial charge is 0.480 e. The highest BCUT2D eigenvalue weighted by Gasteiger charge is 2.34. The van der Waals surface area contributed by atoms with Crippen molar-refractivity contribution >= 4 is 12.0 Å².